The molecular weight excluding hydrogens is 263 g/mol. The van der Waals surface area contributed by atoms with Gasteiger partial charge in [0.05, 0.1) is 5.69 Å². The fourth-order valence-corrected chi connectivity index (χ4v) is 2.39. The molecule has 0 unspecified atom stereocenters. The molecule has 2 aromatic carbocycles. The first-order valence-corrected chi connectivity index (χ1v) is 7.46. The third-order valence-corrected chi connectivity index (χ3v) is 3.97. The number of hydrogen-bond donors (Lipinski definition) is 1. The molecule has 1 fully saturated rings. The number of nitrogens with one attached hydrogen (secondary N) is 1. The zero-order chi connectivity index (χ0) is 14.8. The summed E-state index contributed by atoms with van der Waals surface area (Å²) >= 11 is 0. The van der Waals surface area contributed by atoms with Crippen molar-refractivity contribution in [2.24, 2.45) is 0 Å². The zero-order valence-electron chi connectivity index (χ0n) is 12.6. The number of aryl methyl sites for hydroxylation is 1. The second kappa shape index (κ2) is 5.86. The van der Waals surface area contributed by atoms with E-state index in [0.717, 1.165) is 17.8 Å². The van der Waals surface area contributed by atoms with Gasteiger partial charge in [0.25, 0.3) is 0 Å². The standard InChI is InChI=1S/C18H21FN2/c1-13-3-8-16(9-4-13)21(2)18-10-5-14(11-17(18)19)12-20-15-6-7-15/h3-5,8-11,15,20H,6-7,12H2,1-2H3. The lowest BCUT2D eigenvalue weighted by molar-refractivity contribution is 0.619. The van der Waals surface area contributed by atoms with Crippen LogP contribution >= 0.6 is 0 Å². The number of benzene rings is 2. The molecule has 0 radical (unpaired) electrons. The summed E-state index contributed by atoms with van der Waals surface area (Å²) < 4.78 is 14.3. The normalized spacial score (nSPS) is 14.2. The van der Waals surface area contributed by atoms with Crippen molar-refractivity contribution in [3.8, 4) is 0 Å². The topological polar surface area (TPSA) is 15.3 Å². The van der Waals surface area contributed by atoms with Crippen molar-refractivity contribution in [1.82, 2.24) is 5.32 Å². The molecule has 0 heterocycles. The Balaban J connectivity index is 1.75. The fraction of sp³-hybridized carbons (Fsp3) is 0.333. The van der Waals surface area contributed by atoms with Crippen LogP contribution in [-0.4, -0.2) is 13.1 Å². The maximum atomic E-state index is 14.3. The summed E-state index contributed by atoms with van der Waals surface area (Å²) in [6, 6.07) is 14.2. The molecule has 1 saturated carbocycles. The molecule has 0 saturated heterocycles. The molecule has 3 heteroatoms. The minimum atomic E-state index is -0.173. The van der Waals surface area contributed by atoms with Crippen molar-refractivity contribution in [2.75, 3.05) is 11.9 Å². The second-order valence-corrected chi connectivity index (χ2v) is 5.84. The molecule has 0 atom stereocenters. The number of halogens is 1. The average Bonchev–Trinajstić information content (AvgIpc) is 3.29. The quantitative estimate of drug-likeness (QED) is 0.887. The smallest absolute Gasteiger partial charge is 0.147 e. The van der Waals surface area contributed by atoms with E-state index >= 15 is 0 Å². The van der Waals surface area contributed by atoms with Gasteiger partial charge in [-0.2, -0.15) is 0 Å². The Bertz CT molecular complexity index is 618. The third kappa shape index (κ3) is 3.42. The molecule has 1 aliphatic rings. The molecule has 2 aromatic rings. The predicted octanol–water partition coefficient (Wildman–Crippen LogP) is 4.15. The van der Waals surface area contributed by atoms with Crippen LogP contribution in [0.5, 0.6) is 0 Å². The van der Waals surface area contributed by atoms with Gasteiger partial charge in [-0.3, -0.25) is 0 Å². The van der Waals surface area contributed by atoms with E-state index in [4.69, 9.17) is 0 Å². The Hall–Kier alpha value is -1.87. The van der Waals surface area contributed by atoms with E-state index in [1.54, 1.807) is 6.07 Å². The minimum absolute atomic E-state index is 0.173. The first-order chi connectivity index (χ1) is 10.1. The van der Waals surface area contributed by atoms with E-state index in [1.807, 2.05) is 55.3 Å². The molecule has 3 rings (SSSR count). The van der Waals surface area contributed by atoms with Crippen molar-refractivity contribution >= 4 is 11.4 Å². The molecule has 0 spiro atoms. The molecule has 2 nitrogen and oxygen atoms in total. The van der Waals surface area contributed by atoms with Crippen LogP contribution in [-0.2, 0) is 6.54 Å². The third-order valence-electron chi connectivity index (χ3n) is 3.97. The van der Waals surface area contributed by atoms with Crippen LogP contribution < -0.4 is 10.2 Å². The lowest BCUT2D eigenvalue weighted by Gasteiger charge is -2.21. The lowest BCUT2D eigenvalue weighted by Crippen LogP contribution is -2.16. The summed E-state index contributed by atoms with van der Waals surface area (Å²) in [4.78, 5) is 1.88. The van der Waals surface area contributed by atoms with Gasteiger partial charge in [0.2, 0.25) is 0 Å². The molecule has 21 heavy (non-hydrogen) atoms. The van der Waals surface area contributed by atoms with E-state index in [2.05, 4.69) is 5.32 Å². The Kier molecular flexibility index (Phi) is 3.93. The van der Waals surface area contributed by atoms with Crippen molar-refractivity contribution in [1.29, 1.82) is 0 Å². The van der Waals surface area contributed by atoms with Crippen LogP contribution in [0.15, 0.2) is 42.5 Å². The van der Waals surface area contributed by atoms with Crippen LogP contribution in [0, 0.1) is 12.7 Å². The number of rotatable bonds is 5. The molecule has 1 aliphatic carbocycles. The van der Waals surface area contributed by atoms with E-state index < -0.39 is 0 Å². The van der Waals surface area contributed by atoms with Gasteiger partial charge >= 0.3 is 0 Å². The van der Waals surface area contributed by atoms with E-state index in [0.29, 0.717) is 11.7 Å². The van der Waals surface area contributed by atoms with Gasteiger partial charge in [0, 0.05) is 25.3 Å². The Morgan fingerprint density at radius 2 is 1.86 bits per heavy atom. The van der Waals surface area contributed by atoms with Crippen molar-refractivity contribution in [2.45, 2.75) is 32.4 Å². The summed E-state index contributed by atoms with van der Waals surface area (Å²) in [5, 5.41) is 3.41. The molecule has 0 amide bonds. The van der Waals surface area contributed by atoms with Crippen LogP contribution in [0.1, 0.15) is 24.0 Å². The highest BCUT2D eigenvalue weighted by atomic mass is 19.1. The second-order valence-electron chi connectivity index (χ2n) is 5.84. The van der Waals surface area contributed by atoms with Gasteiger partial charge in [0.1, 0.15) is 5.82 Å². The van der Waals surface area contributed by atoms with Crippen LogP contribution in [0.4, 0.5) is 15.8 Å². The van der Waals surface area contributed by atoms with Gasteiger partial charge < -0.3 is 10.2 Å². The van der Waals surface area contributed by atoms with E-state index in [9.17, 15) is 4.39 Å². The van der Waals surface area contributed by atoms with Gasteiger partial charge in [-0.15, -0.1) is 0 Å². The summed E-state index contributed by atoms with van der Waals surface area (Å²) in [5.74, 6) is -0.173. The monoisotopic (exact) mass is 284 g/mol. The predicted molar refractivity (Wildman–Crippen MR) is 85.5 cm³/mol. The minimum Gasteiger partial charge on any atom is -0.342 e. The molecule has 0 aliphatic heterocycles. The zero-order valence-corrected chi connectivity index (χ0v) is 12.6. The molecule has 0 aromatic heterocycles. The number of anilines is 2. The van der Waals surface area contributed by atoms with Crippen LogP contribution in [0.3, 0.4) is 0 Å². The molecule has 0 bridgehead atoms. The Morgan fingerprint density at radius 1 is 1.14 bits per heavy atom. The molecule has 110 valence electrons. The van der Waals surface area contributed by atoms with Crippen molar-refractivity contribution in [3.05, 3.63) is 59.4 Å². The van der Waals surface area contributed by atoms with Gasteiger partial charge in [0.15, 0.2) is 0 Å². The first kappa shape index (κ1) is 14.1. The van der Waals surface area contributed by atoms with Crippen LogP contribution in [0.2, 0.25) is 0 Å². The number of nitrogens with zero attached hydrogens (tertiary/aromatic N) is 1. The van der Waals surface area contributed by atoms with Gasteiger partial charge in [-0.25, -0.2) is 4.39 Å². The maximum Gasteiger partial charge on any atom is 0.147 e. The Morgan fingerprint density at radius 3 is 2.48 bits per heavy atom. The van der Waals surface area contributed by atoms with Gasteiger partial charge in [-0.1, -0.05) is 23.8 Å². The highest BCUT2D eigenvalue weighted by Gasteiger charge is 2.20. The SMILES string of the molecule is Cc1ccc(N(C)c2ccc(CNC3CC3)cc2F)cc1. The van der Waals surface area contributed by atoms with Gasteiger partial charge in [-0.05, 0) is 49.6 Å². The fourth-order valence-electron chi connectivity index (χ4n) is 2.39. The summed E-state index contributed by atoms with van der Waals surface area (Å²) in [5.41, 5.74) is 3.80. The highest BCUT2D eigenvalue weighted by molar-refractivity contribution is 5.63. The molecular formula is C18H21FN2. The largest absolute Gasteiger partial charge is 0.342 e. The average molecular weight is 284 g/mol. The molecule has 1 N–H and O–H groups in total. The van der Waals surface area contributed by atoms with Crippen molar-refractivity contribution < 1.29 is 4.39 Å². The van der Waals surface area contributed by atoms with E-state index in [1.165, 1.54) is 18.4 Å². The summed E-state index contributed by atoms with van der Waals surface area (Å²) in [7, 11) is 1.89. The maximum absolute atomic E-state index is 14.3. The number of hydrogen-bond acceptors (Lipinski definition) is 2. The highest BCUT2D eigenvalue weighted by Crippen LogP contribution is 2.27. The van der Waals surface area contributed by atoms with E-state index in [-0.39, 0.29) is 5.82 Å². The van der Waals surface area contributed by atoms with Crippen molar-refractivity contribution in [3.63, 3.8) is 0 Å². The lowest BCUT2D eigenvalue weighted by atomic mass is 10.1. The first-order valence-electron chi connectivity index (χ1n) is 7.46. The van der Waals surface area contributed by atoms with Crippen LogP contribution in [0.25, 0.3) is 0 Å². The summed E-state index contributed by atoms with van der Waals surface area (Å²) in [6.45, 7) is 2.79. The summed E-state index contributed by atoms with van der Waals surface area (Å²) in [6.07, 6.45) is 2.49. The Labute approximate surface area is 125 Å².